The second kappa shape index (κ2) is 13.5. The van der Waals surface area contributed by atoms with E-state index in [9.17, 15) is 0 Å². The molecule has 0 saturated carbocycles. The molecule has 1 saturated heterocycles. The van der Waals surface area contributed by atoms with Crippen LogP contribution in [0.15, 0.2) is 36.4 Å². The minimum Gasteiger partial charge on any atom is -0.497 e. The van der Waals surface area contributed by atoms with Crippen LogP contribution in [0.25, 0.3) is 12.2 Å². The Balaban J connectivity index is 1.86. The first-order valence-corrected chi connectivity index (χ1v) is 11.5. The van der Waals surface area contributed by atoms with Gasteiger partial charge in [-0.05, 0) is 35.4 Å². The van der Waals surface area contributed by atoms with Gasteiger partial charge in [-0.2, -0.15) is 0 Å². The van der Waals surface area contributed by atoms with Crippen molar-refractivity contribution in [3.63, 3.8) is 0 Å². The predicted molar refractivity (Wildman–Crippen MR) is 135 cm³/mol. The van der Waals surface area contributed by atoms with Gasteiger partial charge in [0.2, 0.25) is 6.29 Å². The lowest BCUT2D eigenvalue weighted by atomic mass is 9.98. The first kappa shape index (κ1) is 27.8. The van der Waals surface area contributed by atoms with E-state index in [1.54, 1.807) is 55.8 Å². The van der Waals surface area contributed by atoms with Crippen molar-refractivity contribution in [3.05, 3.63) is 47.5 Å². The molecule has 0 N–H and O–H groups in total. The summed E-state index contributed by atoms with van der Waals surface area (Å²) in [5.41, 5.74) is 1.82. The van der Waals surface area contributed by atoms with E-state index < -0.39 is 24.6 Å². The fourth-order valence-corrected chi connectivity index (χ4v) is 4.23. The number of rotatable bonds is 12. The largest absolute Gasteiger partial charge is 0.497 e. The molecule has 9 nitrogen and oxygen atoms in total. The van der Waals surface area contributed by atoms with E-state index in [-0.39, 0.29) is 6.10 Å². The molecule has 198 valence electrons. The first-order valence-electron chi connectivity index (χ1n) is 11.5. The smallest absolute Gasteiger partial charge is 0.229 e. The third-order valence-electron chi connectivity index (χ3n) is 6.00. The molecule has 9 heteroatoms. The zero-order valence-electron chi connectivity index (χ0n) is 21.9. The van der Waals surface area contributed by atoms with E-state index >= 15 is 0 Å². The number of methoxy groups -OCH3 is 7. The lowest BCUT2D eigenvalue weighted by Crippen LogP contribution is -2.62. The van der Waals surface area contributed by atoms with Crippen molar-refractivity contribution >= 4 is 12.2 Å². The van der Waals surface area contributed by atoms with Crippen LogP contribution < -0.4 is 18.9 Å². The van der Waals surface area contributed by atoms with E-state index in [1.807, 2.05) is 42.5 Å². The third kappa shape index (κ3) is 6.48. The van der Waals surface area contributed by atoms with Crippen LogP contribution in [0.2, 0.25) is 0 Å². The normalized spacial score (nSPS) is 24.0. The van der Waals surface area contributed by atoms with Crippen molar-refractivity contribution in [2.24, 2.45) is 0 Å². The fraction of sp³-hybridized carbons (Fsp3) is 0.481. The average molecular weight is 505 g/mol. The van der Waals surface area contributed by atoms with Gasteiger partial charge in [-0.1, -0.05) is 18.2 Å². The van der Waals surface area contributed by atoms with Crippen LogP contribution in [-0.2, 0) is 23.7 Å². The highest BCUT2D eigenvalue weighted by Gasteiger charge is 2.48. The molecule has 3 rings (SSSR count). The first-order chi connectivity index (χ1) is 17.5. The van der Waals surface area contributed by atoms with Crippen LogP contribution in [0, 0.1) is 0 Å². The molecular weight excluding hydrogens is 468 g/mol. The van der Waals surface area contributed by atoms with Gasteiger partial charge in [0, 0.05) is 34.5 Å². The topological polar surface area (TPSA) is 83.1 Å². The summed E-state index contributed by atoms with van der Waals surface area (Å²) in [6.45, 7) is 0.312. The van der Waals surface area contributed by atoms with Gasteiger partial charge < -0.3 is 42.6 Å². The Morgan fingerprint density at radius 2 is 1.33 bits per heavy atom. The standard InChI is InChI=1S/C27H36O9/c1-28-16-23-24(32-5)25(33-6)26(34-7)27(36-23)35-20-13-18(12-19(15-20)29-2)9-8-17-10-11-21(30-3)22(14-17)31-4/h8-15,23-27H,16H2,1-7H3/b9-8+/t23-,24-,25+,26-,27-/m1/s1. The molecule has 0 aliphatic carbocycles. The lowest BCUT2D eigenvalue weighted by molar-refractivity contribution is -0.292. The zero-order chi connectivity index (χ0) is 26.1. The Morgan fingerprint density at radius 1 is 0.667 bits per heavy atom. The molecule has 1 aliphatic rings. The fourth-order valence-electron chi connectivity index (χ4n) is 4.23. The van der Waals surface area contributed by atoms with Gasteiger partial charge in [-0.15, -0.1) is 0 Å². The maximum Gasteiger partial charge on any atom is 0.229 e. The van der Waals surface area contributed by atoms with Gasteiger partial charge in [0.1, 0.15) is 35.9 Å². The SMILES string of the molecule is COC[C@H]1O[C@@H](Oc2cc(/C=C/c3ccc(OC)c(OC)c3)cc(OC)c2)[C@H](OC)[C@@H](OC)[C@@H]1OC. The molecule has 36 heavy (non-hydrogen) atoms. The summed E-state index contributed by atoms with van der Waals surface area (Å²) in [5, 5.41) is 0. The Labute approximate surface area is 212 Å². The van der Waals surface area contributed by atoms with Gasteiger partial charge >= 0.3 is 0 Å². The summed E-state index contributed by atoms with van der Waals surface area (Å²) in [4.78, 5) is 0. The van der Waals surface area contributed by atoms with Gasteiger partial charge in [-0.25, -0.2) is 0 Å². The summed E-state index contributed by atoms with van der Waals surface area (Å²) in [7, 11) is 11.2. The minimum absolute atomic E-state index is 0.312. The number of hydrogen-bond donors (Lipinski definition) is 0. The molecule has 2 aromatic rings. The zero-order valence-corrected chi connectivity index (χ0v) is 21.9. The molecule has 0 bridgehead atoms. The maximum atomic E-state index is 6.27. The highest BCUT2D eigenvalue weighted by molar-refractivity contribution is 5.72. The summed E-state index contributed by atoms with van der Waals surface area (Å²) in [6.07, 6.45) is 1.41. The summed E-state index contributed by atoms with van der Waals surface area (Å²) >= 11 is 0. The Bertz CT molecular complexity index is 993. The third-order valence-corrected chi connectivity index (χ3v) is 6.00. The summed E-state index contributed by atoms with van der Waals surface area (Å²) < 4.78 is 51.1. The summed E-state index contributed by atoms with van der Waals surface area (Å²) in [5.74, 6) is 2.51. The molecular formula is C27H36O9. The Kier molecular flexibility index (Phi) is 10.4. The number of hydrogen-bond acceptors (Lipinski definition) is 9. The van der Waals surface area contributed by atoms with Crippen molar-refractivity contribution in [2.75, 3.05) is 56.4 Å². The van der Waals surface area contributed by atoms with Crippen LogP contribution >= 0.6 is 0 Å². The van der Waals surface area contributed by atoms with Gasteiger partial charge in [0.25, 0.3) is 0 Å². The molecule has 2 aromatic carbocycles. The van der Waals surface area contributed by atoms with Crippen molar-refractivity contribution in [2.45, 2.75) is 30.7 Å². The molecule has 1 fully saturated rings. The molecule has 0 spiro atoms. The molecule has 0 radical (unpaired) electrons. The van der Waals surface area contributed by atoms with Crippen molar-refractivity contribution < 1.29 is 42.6 Å². The number of ether oxygens (including phenoxy) is 9. The molecule has 1 heterocycles. The predicted octanol–water partition coefficient (Wildman–Crippen LogP) is 3.68. The monoisotopic (exact) mass is 504 g/mol. The van der Waals surface area contributed by atoms with Gasteiger partial charge in [-0.3, -0.25) is 0 Å². The maximum absolute atomic E-state index is 6.27. The van der Waals surface area contributed by atoms with Crippen LogP contribution in [0.1, 0.15) is 11.1 Å². The van der Waals surface area contributed by atoms with E-state index in [2.05, 4.69) is 0 Å². The number of benzene rings is 2. The van der Waals surface area contributed by atoms with Crippen molar-refractivity contribution in [3.8, 4) is 23.0 Å². The second-order valence-electron chi connectivity index (χ2n) is 8.11. The van der Waals surface area contributed by atoms with E-state index in [0.29, 0.717) is 29.6 Å². The quantitative estimate of drug-likeness (QED) is 0.402. The molecule has 0 aromatic heterocycles. The molecule has 0 unspecified atom stereocenters. The van der Waals surface area contributed by atoms with Crippen LogP contribution in [0.3, 0.4) is 0 Å². The lowest BCUT2D eigenvalue weighted by Gasteiger charge is -2.44. The van der Waals surface area contributed by atoms with E-state index in [4.69, 9.17) is 42.6 Å². The van der Waals surface area contributed by atoms with E-state index in [0.717, 1.165) is 11.1 Å². The highest BCUT2D eigenvalue weighted by Crippen LogP contribution is 2.32. The average Bonchev–Trinajstić information content (AvgIpc) is 2.91. The van der Waals surface area contributed by atoms with Crippen LogP contribution in [-0.4, -0.2) is 87.1 Å². The van der Waals surface area contributed by atoms with Crippen molar-refractivity contribution in [1.82, 2.24) is 0 Å². The molecule has 1 aliphatic heterocycles. The summed E-state index contributed by atoms with van der Waals surface area (Å²) in [6, 6.07) is 11.3. The Morgan fingerprint density at radius 3 is 1.94 bits per heavy atom. The Hall–Kier alpha value is -2.82. The van der Waals surface area contributed by atoms with Crippen LogP contribution in [0.5, 0.6) is 23.0 Å². The van der Waals surface area contributed by atoms with E-state index in [1.165, 1.54) is 0 Å². The molecule has 0 amide bonds. The van der Waals surface area contributed by atoms with Crippen LogP contribution in [0.4, 0.5) is 0 Å². The van der Waals surface area contributed by atoms with Gasteiger partial charge in [0.05, 0.1) is 27.9 Å². The van der Waals surface area contributed by atoms with Crippen molar-refractivity contribution in [1.29, 1.82) is 0 Å². The highest BCUT2D eigenvalue weighted by atomic mass is 16.7. The van der Waals surface area contributed by atoms with Gasteiger partial charge in [0.15, 0.2) is 11.5 Å². The minimum atomic E-state index is -0.763. The second-order valence-corrected chi connectivity index (χ2v) is 8.11. The molecule has 5 atom stereocenters.